The van der Waals surface area contributed by atoms with Crippen LogP contribution in [0.1, 0.15) is 25.8 Å². The first-order valence-electron chi connectivity index (χ1n) is 6.71. The predicted molar refractivity (Wildman–Crippen MR) is 83.1 cm³/mol. The summed E-state index contributed by atoms with van der Waals surface area (Å²) in [6.45, 7) is 3.88. The molecule has 0 fully saturated rings. The molecule has 5 heteroatoms. The number of aliphatic hydroxyl groups excluding tert-OH is 1. The summed E-state index contributed by atoms with van der Waals surface area (Å²) >= 11 is 1.61. The summed E-state index contributed by atoms with van der Waals surface area (Å²) in [5, 5.41) is 12.9. The number of carbonyl (C=O) groups is 1. The lowest BCUT2D eigenvalue weighted by Gasteiger charge is -2.26. The van der Waals surface area contributed by atoms with Gasteiger partial charge in [0.1, 0.15) is 6.04 Å². The van der Waals surface area contributed by atoms with Gasteiger partial charge < -0.3 is 10.4 Å². The summed E-state index contributed by atoms with van der Waals surface area (Å²) in [7, 11) is 0. The van der Waals surface area contributed by atoms with Gasteiger partial charge in [-0.05, 0) is 20.3 Å². The Morgan fingerprint density at radius 2 is 2.15 bits per heavy atom. The number of nitrogens with zero attached hydrogens (tertiary/aromatic N) is 1. The summed E-state index contributed by atoms with van der Waals surface area (Å²) in [5.74, 6) is 0.604. The third kappa shape index (κ3) is 3.84. The largest absolute Gasteiger partial charge is 0.396 e. The van der Waals surface area contributed by atoms with Gasteiger partial charge in [-0.15, -0.1) is 11.8 Å². The third-order valence-corrected chi connectivity index (χ3v) is 4.27. The highest BCUT2D eigenvalue weighted by Gasteiger charge is 2.29. The SMILES string of the molecule is CC(C)(CCO)NC(=O)C1CSC(c2ccccc2)=N1. The molecule has 1 aromatic carbocycles. The van der Waals surface area contributed by atoms with Crippen molar-refractivity contribution in [3.05, 3.63) is 35.9 Å². The normalized spacial score (nSPS) is 18.8. The maximum Gasteiger partial charge on any atom is 0.246 e. The van der Waals surface area contributed by atoms with E-state index in [0.717, 1.165) is 10.6 Å². The number of carbonyl (C=O) groups excluding carboxylic acids is 1. The number of nitrogens with one attached hydrogen (secondary N) is 1. The average Bonchev–Trinajstić information content (AvgIpc) is 2.88. The summed E-state index contributed by atoms with van der Waals surface area (Å²) in [5.41, 5.74) is 0.657. The van der Waals surface area contributed by atoms with E-state index in [1.807, 2.05) is 44.2 Å². The first-order chi connectivity index (χ1) is 9.52. The van der Waals surface area contributed by atoms with Crippen molar-refractivity contribution in [3.63, 3.8) is 0 Å². The smallest absolute Gasteiger partial charge is 0.246 e. The fourth-order valence-electron chi connectivity index (χ4n) is 2.01. The van der Waals surface area contributed by atoms with E-state index in [1.165, 1.54) is 0 Å². The fraction of sp³-hybridized carbons (Fsp3) is 0.467. The van der Waals surface area contributed by atoms with E-state index in [2.05, 4.69) is 10.3 Å². The summed E-state index contributed by atoms with van der Waals surface area (Å²) < 4.78 is 0. The third-order valence-electron chi connectivity index (χ3n) is 3.17. The number of aliphatic hydroxyl groups is 1. The first kappa shape index (κ1) is 15.1. The molecule has 4 nitrogen and oxygen atoms in total. The second-order valence-electron chi connectivity index (χ2n) is 5.47. The molecule has 2 N–H and O–H groups in total. The van der Waals surface area contributed by atoms with Crippen LogP contribution < -0.4 is 5.32 Å². The molecule has 1 heterocycles. The minimum atomic E-state index is -0.401. The fourth-order valence-corrected chi connectivity index (χ4v) is 3.05. The molecule has 1 atom stereocenters. The van der Waals surface area contributed by atoms with Gasteiger partial charge in [0.15, 0.2) is 0 Å². The maximum absolute atomic E-state index is 12.2. The molecule has 1 amide bonds. The van der Waals surface area contributed by atoms with Crippen LogP contribution in [0.2, 0.25) is 0 Å². The Bertz CT molecular complexity index is 500. The van der Waals surface area contributed by atoms with Crippen LogP contribution >= 0.6 is 11.8 Å². The van der Waals surface area contributed by atoms with E-state index in [9.17, 15) is 4.79 Å². The van der Waals surface area contributed by atoms with Crippen LogP contribution in [0.15, 0.2) is 35.3 Å². The van der Waals surface area contributed by atoms with Crippen LogP contribution in [-0.2, 0) is 4.79 Å². The molecule has 1 aromatic rings. The van der Waals surface area contributed by atoms with Crippen molar-refractivity contribution in [1.29, 1.82) is 0 Å². The molecule has 2 rings (SSSR count). The second-order valence-corrected chi connectivity index (χ2v) is 6.48. The van der Waals surface area contributed by atoms with Crippen LogP contribution in [-0.4, -0.2) is 40.0 Å². The van der Waals surface area contributed by atoms with Crippen molar-refractivity contribution in [2.24, 2.45) is 4.99 Å². The highest BCUT2D eigenvalue weighted by Crippen LogP contribution is 2.24. The minimum absolute atomic E-state index is 0.0607. The van der Waals surface area contributed by atoms with Crippen molar-refractivity contribution >= 4 is 22.7 Å². The Morgan fingerprint density at radius 1 is 1.45 bits per heavy atom. The van der Waals surface area contributed by atoms with E-state index in [0.29, 0.717) is 12.2 Å². The van der Waals surface area contributed by atoms with E-state index in [-0.39, 0.29) is 18.6 Å². The van der Waals surface area contributed by atoms with Gasteiger partial charge in [-0.3, -0.25) is 9.79 Å². The Balaban J connectivity index is 2.01. The van der Waals surface area contributed by atoms with Gasteiger partial charge in [-0.1, -0.05) is 30.3 Å². The molecule has 108 valence electrons. The van der Waals surface area contributed by atoms with Gasteiger partial charge >= 0.3 is 0 Å². The summed E-state index contributed by atoms with van der Waals surface area (Å²) in [6.07, 6.45) is 0.536. The number of hydrogen-bond donors (Lipinski definition) is 2. The second kappa shape index (κ2) is 6.41. The van der Waals surface area contributed by atoms with Gasteiger partial charge in [-0.2, -0.15) is 0 Å². The number of rotatable bonds is 5. The highest BCUT2D eigenvalue weighted by atomic mass is 32.2. The van der Waals surface area contributed by atoms with Crippen molar-refractivity contribution in [2.75, 3.05) is 12.4 Å². The standard InChI is InChI=1S/C15H20N2O2S/c1-15(2,8-9-18)17-13(19)12-10-20-14(16-12)11-6-4-3-5-7-11/h3-7,12,18H,8-10H2,1-2H3,(H,17,19). The molecule has 0 saturated carbocycles. The van der Waals surface area contributed by atoms with Gasteiger partial charge in [-0.25, -0.2) is 0 Å². The number of thioether (sulfide) groups is 1. The number of hydrogen-bond acceptors (Lipinski definition) is 4. The van der Waals surface area contributed by atoms with Gasteiger partial charge in [0.25, 0.3) is 0 Å². The Morgan fingerprint density at radius 3 is 2.80 bits per heavy atom. The molecule has 1 aliphatic rings. The molecule has 0 spiro atoms. The zero-order chi connectivity index (χ0) is 14.6. The monoisotopic (exact) mass is 292 g/mol. The molecule has 1 unspecified atom stereocenters. The molecule has 0 saturated heterocycles. The van der Waals surface area contributed by atoms with Gasteiger partial charge in [0.05, 0.1) is 5.04 Å². The topological polar surface area (TPSA) is 61.7 Å². The number of aliphatic imine (C=N–C) groups is 1. The van der Waals surface area contributed by atoms with E-state index in [1.54, 1.807) is 11.8 Å². The Kier molecular flexibility index (Phi) is 4.83. The lowest BCUT2D eigenvalue weighted by atomic mass is 10.0. The van der Waals surface area contributed by atoms with Crippen LogP contribution in [0.4, 0.5) is 0 Å². The minimum Gasteiger partial charge on any atom is -0.396 e. The molecule has 1 aliphatic heterocycles. The Hall–Kier alpha value is -1.33. The number of benzene rings is 1. The number of amides is 1. The maximum atomic E-state index is 12.2. The van der Waals surface area contributed by atoms with Gasteiger partial charge in [0, 0.05) is 23.5 Å². The predicted octanol–water partition coefficient (Wildman–Crippen LogP) is 1.83. The highest BCUT2D eigenvalue weighted by molar-refractivity contribution is 8.14. The van der Waals surface area contributed by atoms with E-state index >= 15 is 0 Å². The molecule has 0 aliphatic carbocycles. The quantitative estimate of drug-likeness (QED) is 0.870. The van der Waals surface area contributed by atoms with Crippen LogP contribution in [0.25, 0.3) is 0 Å². The zero-order valence-electron chi connectivity index (χ0n) is 11.8. The van der Waals surface area contributed by atoms with E-state index in [4.69, 9.17) is 5.11 Å². The first-order valence-corrected chi connectivity index (χ1v) is 7.69. The van der Waals surface area contributed by atoms with Crippen LogP contribution in [0.3, 0.4) is 0 Å². The molecular weight excluding hydrogens is 272 g/mol. The average molecular weight is 292 g/mol. The molecule has 0 aromatic heterocycles. The van der Waals surface area contributed by atoms with Crippen molar-refractivity contribution in [1.82, 2.24) is 5.32 Å². The molecular formula is C15H20N2O2S. The van der Waals surface area contributed by atoms with Crippen molar-refractivity contribution in [2.45, 2.75) is 31.8 Å². The molecule has 0 bridgehead atoms. The summed E-state index contributed by atoms with van der Waals surface area (Å²) in [6, 6.07) is 9.56. The van der Waals surface area contributed by atoms with Crippen molar-refractivity contribution < 1.29 is 9.90 Å². The van der Waals surface area contributed by atoms with Crippen LogP contribution in [0, 0.1) is 0 Å². The Labute approximate surface area is 123 Å². The zero-order valence-corrected chi connectivity index (χ0v) is 12.6. The van der Waals surface area contributed by atoms with Crippen molar-refractivity contribution in [3.8, 4) is 0 Å². The summed E-state index contributed by atoms with van der Waals surface area (Å²) in [4.78, 5) is 16.7. The molecule has 0 radical (unpaired) electrons. The molecule has 20 heavy (non-hydrogen) atoms. The van der Waals surface area contributed by atoms with E-state index < -0.39 is 5.54 Å². The lowest BCUT2D eigenvalue weighted by Crippen LogP contribution is -2.48. The van der Waals surface area contributed by atoms with Crippen LogP contribution in [0.5, 0.6) is 0 Å². The van der Waals surface area contributed by atoms with Gasteiger partial charge in [0.2, 0.25) is 5.91 Å². The lowest BCUT2D eigenvalue weighted by molar-refractivity contribution is -0.123.